The van der Waals surface area contributed by atoms with E-state index >= 15 is 0 Å². The van der Waals surface area contributed by atoms with E-state index in [2.05, 4.69) is 15.9 Å². The van der Waals surface area contributed by atoms with Crippen molar-refractivity contribution in [3.8, 4) is 0 Å². The number of amides is 1. The number of hydrogen-bond donors (Lipinski definition) is 0. The van der Waals surface area contributed by atoms with Crippen LogP contribution >= 0.6 is 15.9 Å². The molecule has 0 fully saturated rings. The van der Waals surface area contributed by atoms with Crippen molar-refractivity contribution < 1.29 is 18.7 Å². The highest BCUT2D eigenvalue weighted by atomic mass is 79.9. The molecule has 0 unspecified atom stereocenters. The standard InChI is InChI=1S/C16H14BrNO4/c1-10-8-11-4-2-3-5-12(11)18(10)15(19)9-21-16(20)13-6-7-14(17)22-13/h2-7,10H,8-9H2,1H3/t10-/m1/s1. The Morgan fingerprint density at radius 2 is 2.09 bits per heavy atom. The van der Waals surface area contributed by atoms with Crippen LogP contribution in [0.4, 0.5) is 5.69 Å². The summed E-state index contributed by atoms with van der Waals surface area (Å²) in [5, 5.41) is 0. The number of rotatable bonds is 3. The van der Waals surface area contributed by atoms with Gasteiger partial charge in [-0.25, -0.2) is 4.79 Å². The molecule has 0 radical (unpaired) electrons. The first-order chi connectivity index (χ1) is 10.6. The van der Waals surface area contributed by atoms with Crippen molar-refractivity contribution in [2.24, 2.45) is 0 Å². The van der Waals surface area contributed by atoms with Crippen molar-refractivity contribution in [3.05, 3.63) is 52.4 Å². The number of fused-ring (bicyclic) bond motifs is 1. The minimum absolute atomic E-state index is 0.0568. The Morgan fingerprint density at radius 1 is 1.32 bits per heavy atom. The summed E-state index contributed by atoms with van der Waals surface area (Å²) in [5.41, 5.74) is 2.02. The normalized spacial score (nSPS) is 16.5. The Hall–Kier alpha value is -2.08. The van der Waals surface area contributed by atoms with E-state index in [1.54, 1.807) is 11.0 Å². The Balaban J connectivity index is 1.66. The fourth-order valence-electron chi connectivity index (χ4n) is 2.64. The maximum atomic E-state index is 12.4. The molecule has 6 heteroatoms. The number of carbonyl (C=O) groups excluding carboxylic acids is 2. The van der Waals surface area contributed by atoms with E-state index in [0.29, 0.717) is 4.67 Å². The second-order valence-corrected chi connectivity index (χ2v) is 5.91. The van der Waals surface area contributed by atoms with Gasteiger partial charge in [-0.3, -0.25) is 4.79 Å². The van der Waals surface area contributed by atoms with Crippen LogP contribution in [0.3, 0.4) is 0 Å². The van der Waals surface area contributed by atoms with Crippen molar-refractivity contribution in [2.45, 2.75) is 19.4 Å². The summed E-state index contributed by atoms with van der Waals surface area (Å²) < 4.78 is 10.6. The zero-order chi connectivity index (χ0) is 15.7. The van der Waals surface area contributed by atoms with Crippen LogP contribution in [0.25, 0.3) is 0 Å². The lowest BCUT2D eigenvalue weighted by molar-refractivity contribution is -0.122. The number of para-hydroxylation sites is 1. The molecule has 0 bridgehead atoms. The molecule has 1 atom stereocenters. The van der Waals surface area contributed by atoms with Crippen molar-refractivity contribution >= 4 is 33.5 Å². The van der Waals surface area contributed by atoms with Crippen LogP contribution in [-0.4, -0.2) is 24.5 Å². The van der Waals surface area contributed by atoms with Crippen LogP contribution in [0.1, 0.15) is 23.0 Å². The summed E-state index contributed by atoms with van der Waals surface area (Å²) in [6.45, 7) is 1.67. The van der Waals surface area contributed by atoms with E-state index in [-0.39, 0.29) is 24.3 Å². The van der Waals surface area contributed by atoms with Crippen molar-refractivity contribution in [1.82, 2.24) is 0 Å². The molecule has 0 spiro atoms. The second kappa shape index (κ2) is 5.96. The van der Waals surface area contributed by atoms with Crippen LogP contribution in [0.15, 0.2) is 45.5 Å². The SMILES string of the molecule is C[C@@H]1Cc2ccccc2N1C(=O)COC(=O)c1ccc(Br)o1. The molecule has 2 aromatic rings. The quantitative estimate of drug-likeness (QED) is 0.785. The Kier molecular flexibility index (Phi) is 4.02. The number of hydrogen-bond acceptors (Lipinski definition) is 4. The second-order valence-electron chi connectivity index (χ2n) is 5.13. The molecule has 1 aliphatic heterocycles. The number of ether oxygens (including phenoxy) is 1. The van der Waals surface area contributed by atoms with Gasteiger partial charge in [0.2, 0.25) is 5.76 Å². The number of esters is 1. The van der Waals surface area contributed by atoms with Crippen LogP contribution in [0, 0.1) is 0 Å². The van der Waals surface area contributed by atoms with Crippen molar-refractivity contribution in [3.63, 3.8) is 0 Å². The molecule has 1 aliphatic rings. The topological polar surface area (TPSA) is 59.8 Å². The maximum absolute atomic E-state index is 12.4. The van der Waals surface area contributed by atoms with Crippen LogP contribution < -0.4 is 4.90 Å². The molecule has 3 rings (SSSR count). The van der Waals surface area contributed by atoms with Crippen LogP contribution in [0.2, 0.25) is 0 Å². The third kappa shape index (κ3) is 2.78. The maximum Gasteiger partial charge on any atom is 0.374 e. The third-order valence-electron chi connectivity index (χ3n) is 3.58. The van der Waals surface area contributed by atoms with E-state index in [9.17, 15) is 9.59 Å². The first-order valence-electron chi connectivity index (χ1n) is 6.88. The largest absolute Gasteiger partial charge is 0.450 e. The van der Waals surface area contributed by atoms with Crippen molar-refractivity contribution in [1.29, 1.82) is 0 Å². The molecule has 0 aliphatic carbocycles. The summed E-state index contributed by atoms with van der Waals surface area (Å²) in [7, 11) is 0. The minimum Gasteiger partial charge on any atom is -0.450 e. The number of furan rings is 1. The first-order valence-corrected chi connectivity index (χ1v) is 7.68. The van der Waals surface area contributed by atoms with Gasteiger partial charge in [-0.1, -0.05) is 18.2 Å². The average molecular weight is 364 g/mol. The molecular formula is C16H14BrNO4. The molecule has 1 amide bonds. The molecule has 0 N–H and O–H groups in total. The van der Waals surface area contributed by atoms with Crippen LogP contribution in [0.5, 0.6) is 0 Å². The lowest BCUT2D eigenvalue weighted by Gasteiger charge is -2.22. The monoisotopic (exact) mass is 363 g/mol. The Labute approximate surface area is 136 Å². The predicted octanol–water partition coefficient (Wildman–Crippen LogP) is 3.18. The van der Waals surface area contributed by atoms with Gasteiger partial charge in [-0.15, -0.1) is 0 Å². The Bertz CT molecular complexity index is 724. The number of carbonyl (C=O) groups is 2. The van der Waals surface area contributed by atoms with E-state index in [0.717, 1.165) is 17.7 Å². The number of halogens is 1. The average Bonchev–Trinajstić information content (AvgIpc) is 3.07. The highest BCUT2D eigenvalue weighted by Gasteiger charge is 2.31. The van der Waals surface area contributed by atoms with Crippen molar-refractivity contribution in [2.75, 3.05) is 11.5 Å². The molecule has 0 saturated carbocycles. The minimum atomic E-state index is -0.654. The smallest absolute Gasteiger partial charge is 0.374 e. The predicted molar refractivity (Wildman–Crippen MR) is 83.8 cm³/mol. The van der Waals surface area contributed by atoms with Gasteiger partial charge in [0.25, 0.3) is 5.91 Å². The van der Waals surface area contributed by atoms with Gasteiger partial charge in [0.05, 0.1) is 0 Å². The van der Waals surface area contributed by atoms with Gasteiger partial charge >= 0.3 is 5.97 Å². The molecule has 1 aromatic heterocycles. The fraction of sp³-hybridized carbons (Fsp3) is 0.250. The number of anilines is 1. The zero-order valence-corrected chi connectivity index (χ0v) is 13.5. The van der Waals surface area contributed by atoms with Gasteiger partial charge in [-0.2, -0.15) is 0 Å². The number of nitrogens with zero attached hydrogens (tertiary/aromatic N) is 1. The van der Waals surface area contributed by atoms with E-state index in [1.807, 2.05) is 31.2 Å². The third-order valence-corrected chi connectivity index (χ3v) is 4.00. The Morgan fingerprint density at radius 3 is 2.82 bits per heavy atom. The molecule has 5 nitrogen and oxygen atoms in total. The van der Waals surface area contributed by atoms with Gasteiger partial charge in [0, 0.05) is 11.7 Å². The summed E-state index contributed by atoms with van der Waals surface area (Å²) >= 11 is 3.11. The summed E-state index contributed by atoms with van der Waals surface area (Å²) in [5.74, 6) is -0.829. The van der Waals surface area contributed by atoms with E-state index < -0.39 is 5.97 Å². The molecular weight excluding hydrogens is 350 g/mol. The lowest BCUT2D eigenvalue weighted by atomic mass is 10.1. The van der Waals surface area contributed by atoms with Gasteiger partial charge in [-0.05, 0) is 53.0 Å². The van der Waals surface area contributed by atoms with Gasteiger partial charge in [0.15, 0.2) is 11.3 Å². The molecule has 2 heterocycles. The van der Waals surface area contributed by atoms with E-state index in [4.69, 9.17) is 9.15 Å². The summed E-state index contributed by atoms with van der Waals surface area (Å²) in [4.78, 5) is 25.8. The molecule has 22 heavy (non-hydrogen) atoms. The van der Waals surface area contributed by atoms with Gasteiger partial charge < -0.3 is 14.1 Å². The zero-order valence-electron chi connectivity index (χ0n) is 11.9. The first kappa shape index (κ1) is 14.8. The highest BCUT2D eigenvalue weighted by Crippen LogP contribution is 2.31. The van der Waals surface area contributed by atoms with Crippen LogP contribution in [-0.2, 0) is 16.0 Å². The lowest BCUT2D eigenvalue weighted by Crippen LogP contribution is -2.38. The van der Waals surface area contributed by atoms with E-state index in [1.165, 1.54) is 6.07 Å². The fourth-order valence-corrected chi connectivity index (χ4v) is 2.94. The molecule has 1 aromatic carbocycles. The summed E-state index contributed by atoms with van der Waals surface area (Å²) in [6.07, 6.45) is 0.807. The van der Waals surface area contributed by atoms with Gasteiger partial charge in [0.1, 0.15) is 0 Å². The highest BCUT2D eigenvalue weighted by molar-refractivity contribution is 9.10. The molecule has 0 saturated heterocycles. The summed E-state index contributed by atoms with van der Waals surface area (Å²) in [6, 6.07) is 10.9. The number of benzene rings is 1. The molecule has 114 valence electrons.